The maximum Gasteiger partial charge on any atom is 0.313 e. The van der Waals surface area contributed by atoms with Crippen LogP contribution in [0, 0.1) is 5.92 Å². The molecule has 3 atom stereocenters. The predicted molar refractivity (Wildman–Crippen MR) is 52.2 cm³/mol. The highest BCUT2D eigenvalue weighted by molar-refractivity contribution is 5.75. The molecule has 0 aromatic rings. The lowest BCUT2D eigenvalue weighted by Crippen LogP contribution is -2.47. The van der Waals surface area contributed by atoms with Crippen LogP contribution in [0.1, 0.15) is 13.3 Å². The van der Waals surface area contributed by atoms with Crippen LogP contribution in [0.15, 0.2) is 0 Å². The van der Waals surface area contributed by atoms with Crippen LogP contribution in [-0.4, -0.2) is 44.0 Å². The van der Waals surface area contributed by atoms with Crippen LogP contribution >= 0.6 is 0 Å². The maximum absolute atomic E-state index is 11.8. The van der Waals surface area contributed by atoms with Crippen LogP contribution in [0.25, 0.3) is 0 Å². The fourth-order valence-corrected chi connectivity index (χ4v) is 2.38. The van der Waals surface area contributed by atoms with E-state index in [1.54, 1.807) is 6.92 Å². The van der Waals surface area contributed by atoms with Gasteiger partial charge in [-0.25, -0.2) is 0 Å². The van der Waals surface area contributed by atoms with E-state index in [-0.39, 0.29) is 17.9 Å². The molecule has 5 nitrogen and oxygen atoms in total. The molecule has 0 bridgehead atoms. The third-order valence-electron chi connectivity index (χ3n) is 3.11. The van der Waals surface area contributed by atoms with Gasteiger partial charge < -0.3 is 19.9 Å². The highest BCUT2D eigenvalue weighted by atomic mass is 16.6. The SMILES string of the molecule is CCOC(=O)C1C(N)COC12CCOC2. The Morgan fingerprint density at radius 3 is 3.07 bits per heavy atom. The molecule has 1 spiro atoms. The molecule has 0 aliphatic carbocycles. The third-order valence-corrected chi connectivity index (χ3v) is 3.11. The lowest BCUT2D eigenvalue weighted by atomic mass is 9.84. The first-order chi connectivity index (χ1) is 7.19. The summed E-state index contributed by atoms with van der Waals surface area (Å²) in [7, 11) is 0. The standard InChI is InChI=1S/C10H17NO4/c1-2-14-9(12)8-7(11)5-15-10(8)3-4-13-6-10/h7-8H,2-6,11H2,1H3. The van der Waals surface area contributed by atoms with E-state index in [0.717, 1.165) is 6.42 Å². The van der Waals surface area contributed by atoms with E-state index in [4.69, 9.17) is 19.9 Å². The Balaban J connectivity index is 2.14. The lowest BCUT2D eigenvalue weighted by molar-refractivity contribution is -0.155. The van der Waals surface area contributed by atoms with Crippen LogP contribution in [0.2, 0.25) is 0 Å². The molecule has 0 aromatic carbocycles. The van der Waals surface area contributed by atoms with Crippen molar-refractivity contribution < 1.29 is 19.0 Å². The van der Waals surface area contributed by atoms with Gasteiger partial charge in [-0.3, -0.25) is 4.79 Å². The molecule has 0 amide bonds. The van der Waals surface area contributed by atoms with Crippen molar-refractivity contribution in [2.45, 2.75) is 25.0 Å². The van der Waals surface area contributed by atoms with E-state index in [9.17, 15) is 4.79 Å². The number of rotatable bonds is 2. The van der Waals surface area contributed by atoms with Gasteiger partial charge in [0.05, 0.1) is 19.8 Å². The normalized spacial score (nSPS) is 39.9. The summed E-state index contributed by atoms with van der Waals surface area (Å²) in [5.74, 6) is -0.632. The molecule has 2 saturated heterocycles. The van der Waals surface area contributed by atoms with E-state index >= 15 is 0 Å². The fraction of sp³-hybridized carbons (Fsp3) is 0.900. The molecular formula is C10H17NO4. The molecule has 0 radical (unpaired) electrons. The number of ether oxygens (including phenoxy) is 3. The maximum atomic E-state index is 11.8. The Labute approximate surface area is 88.9 Å². The van der Waals surface area contributed by atoms with Crippen molar-refractivity contribution in [2.24, 2.45) is 11.7 Å². The highest BCUT2D eigenvalue weighted by Gasteiger charge is 2.55. The van der Waals surface area contributed by atoms with Crippen molar-refractivity contribution in [3.8, 4) is 0 Å². The molecule has 15 heavy (non-hydrogen) atoms. The van der Waals surface area contributed by atoms with Gasteiger partial charge in [0.1, 0.15) is 11.5 Å². The number of carbonyl (C=O) groups excluding carboxylic acids is 1. The molecule has 5 heteroatoms. The van der Waals surface area contributed by atoms with Gasteiger partial charge in [0.2, 0.25) is 0 Å². The molecule has 2 heterocycles. The summed E-state index contributed by atoms with van der Waals surface area (Å²) in [6.07, 6.45) is 0.726. The summed E-state index contributed by atoms with van der Waals surface area (Å²) >= 11 is 0. The summed E-state index contributed by atoms with van der Waals surface area (Å²) in [6, 6.07) is -0.272. The summed E-state index contributed by atoms with van der Waals surface area (Å²) < 4.78 is 16.0. The molecule has 0 aromatic heterocycles. The summed E-state index contributed by atoms with van der Waals surface area (Å²) in [6.45, 7) is 3.65. The van der Waals surface area contributed by atoms with Crippen molar-refractivity contribution in [1.82, 2.24) is 0 Å². The second-order valence-corrected chi connectivity index (χ2v) is 4.07. The van der Waals surface area contributed by atoms with Gasteiger partial charge >= 0.3 is 5.97 Å². The van der Waals surface area contributed by atoms with Crippen molar-refractivity contribution in [1.29, 1.82) is 0 Å². The van der Waals surface area contributed by atoms with Crippen LogP contribution in [0.5, 0.6) is 0 Å². The van der Waals surface area contributed by atoms with E-state index in [1.165, 1.54) is 0 Å². The molecule has 2 fully saturated rings. The molecule has 2 aliphatic rings. The Hall–Kier alpha value is -0.650. The Morgan fingerprint density at radius 2 is 2.47 bits per heavy atom. The Bertz CT molecular complexity index is 250. The number of hydrogen-bond donors (Lipinski definition) is 1. The zero-order chi connectivity index (χ0) is 10.9. The first-order valence-electron chi connectivity index (χ1n) is 5.33. The van der Waals surface area contributed by atoms with Gasteiger partial charge in [0.15, 0.2) is 0 Å². The van der Waals surface area contributed by atoms with E-state index < -0.39 is 5.60 Å². The van der Waals surface area contributed by atoms with Gasteiger partial charge in [-0.05, 0) is 6.92 Å². The van der Waals surface area contributed by atoms with E-state index in [0.29, 0.717) is 26.4 Å². The minimum Gasteiger partial charge on any atom is -0.466 e. The zero-order valence-electron chi connectivity index (χ0n) is 8.90. The number of carbonyl (C=O) groups is 1. The second kappa shape index (κ2) is 4.08. The van der Waals surface area contributed by atoms with Crippen LogP contribution in [-0.2, 0) is 19.0 Å². The topological polar surface area (TPSA) is 70.8 Å². The molecular weight excluding hydrogens is 198 g/mol. The smallest absolute Gasteiger partial charge is 0.313 e. The van der Waals surface area contributed by atoms with E-state index in [1.807, 2.05) is 0 Å². The minimum atomic E-state index is -0.522. The first kappa shape index (κ1) is 10.9. The summed E-state index contributed by atoms with van der Waals surface area (Å²) in [4.78, 5) is 11.8. The van der Waals surface area contributed by atoms with Crippen molar-refractivity contribution >= 4 is 5.97 Å². The van der Waals surface area contributed by atoms with Gasteiger partial charge in [0, 0.05) is 19.1 Å². The molecule has 86 valence electrons. The average Bonchev–Trinajstić information content (AvgIpc) is 2.77. The van der Waals surface area contributed by atoms with Crippen LogP contribution in [0.3, 0.4) is 0 Å². The summed E-state index contributed by atoms with van der Waals surface area (Å²) in [5.41, 5.74) is 5.36. The first-order valence-corrected chi connectivity index (χ1v) is 5.33. The average molecular weight is 215 g/mol. The second-order valence-electron chi connectivity index (χ2n) is 4.07. The lowest BCUT2D eigenvalue weighted by Gasteiger charge is -2.27. The minimum absolute atomic E-state index is 0.256. The van der Waals surface area contributed by atoms with Gasteiger partial charge in [-0.15, -0.1) is 0 Å². The molecule has 2 aliphatic heterocycles. The van der Waals surface area contributed by atoms with Gasteiger partial charge in [-0.1, -0.05) is 0 Å². The van der Waals surface area contributed by atoms with Gasteiger partial charge in [-0.2, -0.15) is 0 Å². The number of hydrogen-bond acceptors (Lipinski definition) is 5. The molecule has 2 N–H and O–H groups in total. The van der Waals surface area contributed by atoms with E-state index in [2.05, 4.69) is 0 Å². The number of nitrogens with two attached hydrogens (primary N) is 1. The third kappa shape index (κ3) is 1.75. The molecule has 3 unspecified atom stereocenters. The van der Waals surface area contributed by atoms with Crippen LogP contribution < -0.4 is 5.73 Å². The summed E-state index contributed by atoms with van der Waals surface area (Å²) in [5, 5.41) is 0. The Kier molecular flexibility index (Phi) is 2.95. The monoisotopic (exact) mass is 215 g/mol. The van der Waals surface area contributed by atoms with Crippen molar-refractivity contribution in [3.63, 3.8) is 0 Å². The van der Waals surface area contributed by atoms with Crippen molar-refractivity contribution in [2.75, 3.05) is 26.4 Å². The highest BCUT2D eigenvalue weighted by Crippen LogP contribution is 2.38. The molecule has 2 rings (SSSR count). The van der Waals surface area contributed by atoms with Gasteiger partial charge in [0.25, 0.3) is 0 Å². The number of esters is 1. The molecule has 0 saturated carbocycles. The van der Waals surface area contributed by atoms with Crippen molar-refractivity contribution in [3.05, 3.63) is 0 Å². The zero-order valence-corrected chi connectivity index (χ0v) is 8.90. The quantitative estimate of drug-likeness (QED) is 0.639. The predicted octanol–water partition coefficient (Wildman–Crippen LogP) is -0.318. The Morgan fingerprint density at radius 1 is 1.67 bits per heavy atom. The largest absolute Gasteiger partial charge is 0.466 e. The fourth-order valence-electron chi connectivity index (χ4n) is 2.38. The van der Waals surface area contributed by atoms with Crippen LogP contribution in [0.4, 0.5) is 0 Å².